The maximum Gasteiger partial charge on any atom is 0.246 e. The van der Waals surface area contributed by atoms with Gasteiger partial charge in [-0.15, -0.1) is 11.3 Å². The molecular weight excluding hydrogens is 394 g/mol. The Labute approximate surface area is 180 Å². The van der Waals surface area contributed by atoms with Crippen LogP contribution >= 0.6 is 11.3 Å². The van der Waals surface area contributed by atoms with E-state index in [1.165, 1.54) is 4.88 Å². The predicted molar refractivity (Wildman–Crippen MR) is 121 cm³/mol. The number of thiazole rings is 1. The average Bonchev–Trinajstić information content (AvgIpc) is 3.10. The molecule has 4 rings (SSSR count). The molecule has 30 heavy (non-hydrogen) atoms. The number of likely N-dealkylation sites (tertiary alicyclic amines) is 1. The number of hydrogen-bond donors (Lipinski definition) is 1. The fraction of sp³-hybridized carbons (Fsp3) is 0.304. The lowest BCUT2D eigenvalue weighted by molar-refractivity contribution is -0.126. The van der Waals surface area contributed by atoms with E-state index in [2.05, 4.69) is 27.2 Å². The molecule has 1 aliphatic heterocycles. The molecule has 154 valence electrons. The summed E-state index contributed by atoms with van der Waals surface area (Å²) in [5, 5.41) is 4.18. The van der Waals surface area contributed by atoms with Crippen molar-refractivity contribution in [3.63, 3.8) is 0 Å². The van der Waals surface area contributed by atoms with Crippen molar-refractivity contribution in [3.8, 4) is 0 Å². The molecule has 1 saturated heterocycles. The predicted octanol–water partition coefficient (Wildman–Crippen LogP) is 4.71. The van der Waals surface area contributed by atoms with E-state index in [1.807, 2.05) is 48.2 Å². The van der Waals surface area contributed by atoms with Gasteiger partial charge in [0, 0.05) is 42.4 Å². The van der Waals surface area contributed by atoms with E-state index >= 15 is 0 Å². The van der Waals surface area contributed by atoms with Gasteiger partial charge in [-0.2, -0.15) is 0 Å². The number of anilines is 2. The molecule has 0 saturated carbocycles. The molecule has 3 heterocycles. The molecule has 0 aliphatic carbocycles. The summed E-state index contributed by atoms with van der Waals surface area (Å²) >= 11 is 1.62. The van der Waals surface area contributed by atoms with Crippen LogP contribution in [0.5, 0.6) is 0 Å². The number of nitrogens with one attached hydrogen (secondary N) is 1. The Kier molecular flexibility index (Phi) is 6.18. The van der Waals surface area contributed by atoms with Gasteiger partial charge >= 0.3 is 0 Å². The number of carbonyl (C=O) groups is 1. The Hall–Kier alpha value is -3.06. The second-order valence-electron chi connectivity index (χ2n) is 7.42. The number of amides is 1. The van der Waals surface area contributed by atoms with E-state index in [4.69, 9.17) is 0 Å². The molecule has 1 N–H and O–H groups in total. The fourth-order valence-corrected chi connectivity index (χ4v) is 4.40. The van der Waals surface area contributed by atoms with E-state index in [9.17, 15) is 4.79 Å². The Morgan fingerprint density at radius 1 is 1.13 bits per heavy atom. The summed E-state index contributed by atoms with van der Waals surface area (Å²) in [5.41, 5.74) is 3.02. The average molecular weight is 420 g/mol. The van der Waals surface area contributed by atoms with Crippen molar-refractivity contribution in [3.05, 3.63) is 70.6 Å². The van der Waals surface area contributed by atoms with Crippen LogP contribution in [0.2, 0.25) is 0 Å². The highest BCUT2D eigenvalue weighted by Crippen LogP contribution is 2.33. The summed E-state index contributed by atoms with van der Waals surface area (Å²) in [7, 11) is 0. The SMILES string of the molecule is Cc1nc(Nc2nccnc2C2CCN(C(=O)/C=C/c3ccccc3)CC2)sc1C. The first-order valence-electron chi connectivity index (χ1n) is 10.1. The number of piperidine rings is 1. The van der Waals surface area contributed by atoms with E-state index < -0.39 is 0 Å². The molecule has 1 amide bonds. The van der Waals surface area contributed by atoms with Crippen LogP contribution < -0.4 is 5.32 Å². The van der Waals surface area contributed by atoms with Gasteiger partial charge in [-0.1, -0.05) is 30.3 Å². The molecule has 1 aromatic carbocycles. The first-order valence-corrected chi connectivity index (χ1v) is 11.0. The number of nitrogens with zero attached hydrogens (tertiary/aromatic N) is 4. The zero-order chi connectivity index (χ0) is 20.9. The zero-order valence-electron chi connectivity index (χ0n) is 17.2. The van der Waals surface area contributed by atoms with Gasteiger partial charge in [0.1, 0.15) is 0 Å². The fourth-order valence-electron chi connectivity index (χ4n) is 3.58. The summed E-state index contributed by atoms with van der Waals surface area (Å²) in [6.07, 6.45) is 8.71. The standard InChI is InChI=1S/C23H25N5OS/c1-16-17(2)30-23(26-16)27-22-21(24-12-13-25-22)19-10-14-28(15-11-19)20(29)9-8-18-6-4-3-5-7-18/h3-9,12-13,19H,10-11,14-15H2,1-2H3,(H,25,26,27)/b9-8+. The number of hydrogen-bond acceptors (Lipinski definition) is 6. The maximum absolute atomic E-state index is 12.5. The van der Waals surface area contributed by atoms with Crippen LogP contribution in [-0.2, 0) is 4.79 Å². The first-order chi connectivity index (χ1) is 14.6. The lowest BCUT2D eigenvalue weighted by Gasteiger charge is -2.31. The van der Waals surface area contributed by atoms with Crippen LogP contribution in [0, 0.1) is 13.8 Å². The second kappa shape index (κ2) is 9.17. The van der Waals surface area contributed by atoms with Gasteiger partial charge in [0.15, 0.2) is 10.9 Å². The summed E-state index contributed by atoms with van der Waals surface area (Å²) in [6, 6.07) is 9.89. The number of benzene rings is 1. The maximum atomic E-state index is 12.5. The minimum absolute atomic E-state index is 0.0588. The first kappa shape index (κ1) is 20.2. The van der Waals surface area contributed by atoms with Crippen molar-refractivity contribution in [1.29, 1.82) is 0 Å². The molecule has 1 aliphatic rings. The molecule has 0 radical (unpaired) electrons. The summed E-state index contributed by atoms with van der Waals surface area (Å²) in [5.74, 6) is 1.09. The monoisotopic (exact) mass is 419 g/mol. The van der Waals surface area contributed by atoms with E-state index in [0.717, 1.165) is 40.7 Å². The van der Waals surface area contributed by atoms with Gasteiger partial charge in [0.25, 0.3) is 0 Å². The van der Waals surface area contributed by atoms with Crippen LogP contribution in [0.1, 0.15) is 40.6 Å². The second-order valence-corrected chi connectivity index (χ2v) is 8.62. The molecule has 2 aromatic heterocycles. The quantitative estimate of drug-likeness (QED) is 0.606. The summed E-state index contributed by atoms with van der Waals surface area (Å²) in [6.45, 7) is 5.50. The van der Waals surface area contributed by atoms with E-state index in [0.29, 0.717) is 13.1 Å². The van der Waals surface area contributed by atoms with Crippen LogP contribution in [0.4, 0.5) is 10.9 Å². The zero-order valence-corrected chi connectivity index (χ0v) is 18.0. The third-order valence-corrected chi connectivity index (χ3v) is 6.38. The molecule has 0 bridgehead atoms. The molecule has 7 heteroatoms. The highest BCUT2D eigenvalue weighted by Gasteiger charge is 2.26. The summed E-state index contributed by atoms with van der Waals surface area (Å²) in [4.78, 5) is 29.3. The van der Waals surface area contributed by atoms with Crippen LogP contribution in [0.15, 0.2) is 48.8 Å². The third-order valence-electron chi connectivity index (χ3n) is 5.39. The molecule has 1 fully saturated rings. The number of rotatable bonds is 5. The molecule has 0 atom stereocenters. The van der Waals surface area contributed by atoms with E-state index in [1.54, 1.807) is 29.8 Å². The number of aryl methyl sites for hydroxylation is 2. The molecule has 0 spiro atoms. The minimum Gasteiger partial charge on any atom is -0.339 e. The Balaban J connectivity index is 1.39. The Morgan fingerprint density at radius 2 is 1.87 bits per heavy atom. The van der Waals surface area contributed by atoms with Gasteiger partial charge in [-0.3, -0.25) is 9.78 Å². The molecular formula is C23H25N5OS. The van der Waals surface area contributed by atoms with Crippen LogP contribution in [-0.4, -0.2) is 38.8 Å². The number of carbonyl (C=O) groups excluding carboxylic acids is 1. The van der Waals surface area contributed by atoms with Crippen LogP contribution in [0.3, 0.4) is 0 Å². The number of aromatic nitrogens is 3. The van der Waals surface area contributed by atoms with Crippen molar-refractivity contribution < 1.29 is 4.79 Å². The highest BCUT2D eigenvalue weighted by molar-refractivity contribution is 7.15. The summed E-state index contributed by atoms with van der Waals surface area (Å²) < 4.78 is 0. The van der Waals surface area contributed by atoms with Crippen molar-refractivity contribution in [2.45, 2.75) is 32.6 Å². The largest absolute Gasteiger partial charge is 0.339 e. The van der Waals surface area contributed by atoms with Crippen molar-refractivity contribution >= 4 is 34.3 Å². The van der Waals surface area contributed by atoms with Gasteiger partial charge in [-0.25, -0.2) is 9.97 Å². The van der Waals surface area contributed by atoms with Gasteiger partial charge in [-0.05, 0) is 38.3 Å². The molecule has 3 aromatic rings. The smallest absolute Gasteiger partial charge is 0.246 e. The lowest BCUT2D eigenvalue weighted by atomic mass is 9.93. The van der Waals surface area contributed by atoms with Crippen molar-refractivity contribution in [2.75, 3.05) is 18.4 Å². The van der Waals surface area contributed by atoms with Crippen molar-refractivity contribution in [2.24, 2.45) is 0 Å². The topological polar surface area (TPSA) is 71.0 Å². The van der Waals surface area contributed by atoms with Crippen molar-refractivity contribution in [1.82, 2.24) is 19.9 Å². The lowest BCUT2D eigenvalue weighted by Crippen LogP contribution is -2.37. The van der Waals surface area contributed by atoms with Gasteiger partial charge < -0.3 is 10.2 Å². The minimum atomic E-state index is 0.0588. The molecule has 6 nitrogen and oxygen atoms in total. The normalized spacial score (nSPS) is 14.9. The Bertz CT molecular complexity index is 1020. The highest BCUT2D eigenvalue weighted by atomic mass is 32.1. The van der Waals surface area contributed by atoms with Gasteiger partial charge in [0.05, 0.1) is 11.4 Å². The third kappa shape index (κ3) is 4.74. The van der Waals surface area contributed by atoms with Gasteiger partial charge in [0.2, 0.25) is 5.91 Å². The van der Waals surface area contributed by atoms with E-state index in [-0.39, 0.29) is 11.8 Å². The Morgan fingerprint density at radius 3 is 2.57 bits per heavy atom. The van der Waals surface area contributed by atoms with Crippen LogP contribution in [0.25, 0.3) is 6.08 Å². The molecule has 0 unspecified atom stereocenters.